The predicted octanol–water partition coefficient (Wildman–Crippen LogP) is -1.53. The van der Waals surface area contributed by atoms with E-state index in [2.05, 4.69) is 5.32 Å². The van der Waals surface area contributed by atoms with Crippen molar-refractivity contribution in [1.29, 1.82) is 0 Å². The molecule has 102 valence electrons. The molecule has 0 aromatic rings. The highest BCUT2D eigenvalue weighted by Crippen LogP contribution is 2.03. The zero-order valence-electron chi connectivity index (χ0n) is 8.94. The van der Waals surface area contributed by atoms with Gasteiger partial charge in [0.1, 0.15) is 0 Å². The minimum atomic E-state index is -4.75. The molecule has 4 N–H and O–H groups in total. The van der Waals surface area contributed by atoms with E-state index in [-0.39, 0.29) is 6.54 Å². The van der Waals surface area contributed by atoms with Crippen LogP contribution in [-0.4, -0.2) is 52.8 Å². The van der Waals surface area contributed by atoms with E-state index in [9.17, 15) is 22.8 Å². The number of carboxylic acid groups (broad SMARTS) is 2. The second-order valence-electron chi connectivity index (χ2n) is 3.09. The molecule has 0 unspecified atom stereocenters. The van der Waals surface area contributed by atoms with Gasteiger partial charge in [-0.15, -0.1) is 0 Å². The summed E-state index contributed by atoms with van der Waals surface area (Å²) in [5.41, 5.74) is 0. The maximum absolute atomic E-state index is 10.9. The lowest BCUT2D eigenvalue weighted by Gasteiger charge is -2.08. The Morgan fingerprint density at radius 3 is 2.11 bits per heavy atom. The normalized spacial score (nSPS) is 13.2. The third-order valence-electron chi connectivity index (χ3n) is 1.72. The number of hydrogen-bond donors (Lipinski definition) is 4. The van der Waals surface area contributed by atoms with Gasteiger partial charge in [0.25, 0.3) is 10.1 Å². The van der Waals surface area contributed by atoms with Crippen molar-refractivity contribution in [3.8, 4) is 0 Å². The SMILES string of the molecule is O=C(O)/C=C\C(=O)NCC[C@@H](C(=O)O)S(=O)(=O)O. The number of carbonyl (C=O) groups excluding carboxylic acids is 1. The molecule has 1 amide bonds. The van der Waals surface area contributed by atoms with Gasteiger partial charge >= 0.3 is 11.9 Å². The van der Waals surface area contributed by atoms with Crippen molar-refractivity contribution in [2.45, 2.75) is 11.7 Å². The van der Waals surface area contributed by atoms with Crippen LogP contribution in [-0.2, 0) is 24.5 Å². The van der Waals surface area contributed by atoms with Crippen LogP contribution < -0.4 is 5.32 Å². The Morgan fingerprint density at radius 2 is 1.72 bits per heavy atom. The topological polar surface area (TPSA) is 158 Å². The fourth-order valence-corrected chi connectivity index (χ4v) is 1.60. The molecule has 10 heteroatoms. The molecule has 0 saturated carbocycles. The van der Waals surface area contributed by atoms with Gasteiger partial charge in [-0.1, -0.05) is 0 Å². The summed E-state index contributed by atoms with van der Waals surface area (Å²) in [6.45, 7) is -0.348. The van der Waals surface area contributed by atoms with Gasteiger partial charge in [0, 0.05) is 18.7 Å². The zero-order chi connectivity index (χ0) is 14.3. The first-order chi connectivity index (χ1) is 8.14. The Hall–Kier alpha value is -1.94. The molecule has 0 aliphatic rings. The van der Waals surface area contributed by atoms with E-state index < -0.39 is 39.6 Å². The summed E-state index contributed by atoms with van der Waals surface area (Å²) in [7, 11) is -4.75. The molecule has 18 heavy (non-hydrogen) atoms. The summed E-state index contributed by atoms with van der Waals surface area (Å²) in [5.74, 6) is -3.91. The molecule has 0 saturated heterocycles. The highest BCUT2D eigenvalue weighted by atomic mass is 32.2. The Morgan fingerprint density at radius 1 is 1.17 bits per heavy atom. The molecular formula is C8H11NO8S. The van der Waals surface area contributed by atoms with Gasteiger partial charge in [-0.05, 0) is 6.42 Å². The minimum absolute atomic E-state index is 0.348. The van der Waals surface area contributed by atoms with Gasteiger partial charge in [-0.2, -0.15) is 8.42 Å². The lowest BCUT2D eigenvalue weighted by Crippen LogP contribution is -2.34. The van der Waals surface area contributed by atoms with Crippen molar-refractivity contribution in [2.75, 3.05) is 6.54 Å². The van der Waals surface area contributed by atoms with Gasteiger partial charge in [-0.25, -0.2) is 4.79 Å². The summed E-state index contributed by atoms with van der Waals surface area (Å²) in [6, 6.07) is 0. The van der Waals surface area contributed by atoms with Crippen LogP contribution in [0.5, 0.6) is 0 Å². The average molecular weight is 281 g/mol. The van der Waals surface area contributed by atoms with Crippen molar-refractivity contribution >= 4 is 28.0 Å². The Balaban J connectivity index is 4.29. The molecule has 9 nitrogen and oxygen atoms in total. The van der Waals surface area contributed by atoms with Crippen LogP contribution in [0.25, 0.3) is 0 Å². The lowest BCUT2D eigenvalue weighted by atomic mass is 10.3. The van der Waals surface area contributed by atoms with Crippen molar-refractivity contribution in [3.05, 3.63) is 12.2 Å². The van der Waals surface area contributed by atoms with Crippen molar-refractivity contribution in [3.63, 3.8) is 0 Å². The van der Waals surface area contributed by atoms with E-state index in [0.717, 1.165) is 0 Å². The molecule has 0 radical (unpaired) electrons. The Bertz CT molecular complexity index is 465. The standard InChI is InChI=1S/C8H11NO8S/c10-6(1-2-7(11)12)9-4-3-5(8(13)14)18(15,16)17/h1-2,5H,3-4H2,(H,9,10)(H,11,12)(H,13,14)(H,15,16,17)/b2-1-/t5-/m0/s1. The number of rotatable bonds is 7. The molecule has 0 heterocycles. The average Bonchev–Trinajstić information content (AvgIpc) is 2.18. The minimum Gasteiger partial charge on any atom is -0.480 e. The summed E-state index contributed by atoms with van der Waals surface area (Å²) in [4.78, 5) is 31.5. The first kappa shape index (κ1) is 16.1. The lowest BCUT2D eigenvalue weighted by molar-refractivity contribution is -0.137. The molecular weight excluding hydrogens is 270 g/mol. The van der Waals surface area contributed by atoms with E-state index in [1.807, 2.05) is 0 Å². The second-order valence-corrected chi connectivity index (χ2v) is 4.69. The van der Waals surface area contributed by atoms with Crippen molar-refractivity contribution in [1.82, 2.24) is 5.32 Å². The second kappa shape index (κ2) is 6.71. The van der Waals surface area contributed by atoms with Gasteiger partial charge < -0.3 is 15.5 Å². The highest BCUT2D eigenvalue weighted by Gasteiger charge is 2.30. The molecule has 0 aromatic heterocycles. The highest BCUT2D eigenvalue weighted by molar-refractivity contribution is 7.87. The van der Waals surface area contributed by atoms with E-state index in [1.54, 1.807) is 0 Å². The fourth-order valence-electron chi connectivity index (χ4n) is 0.932. The number of nitrogens with one attached hydrogen (secondary N) is 1. The fraction of sp³-hybridized carbons (Fsp3) is 0.375. The summed E-state index contributed by atoms with van der Waals surface area (Å²) in [6.07, 6.45) is 0.708. The smallest absolute Gasteiger partial charge is 0.328 e. The molecule has 0 aliphatic heterocycles. The number of amides is 1. The van der Waals surface area contributed by atoms with Crippen molar-refractivity contribution < 1.29 is 37.6 Å². The van der Waals surface area contributed by atoms with E-state index in [0.29, 0.717) is 12.2 Å². The first-order valence-corrected chi connectivity index (χ1v) is 6.03. The van der Waals surface area contributed by atoms with Crippen LogP contribution >= 0.6 is 0 Å². The zero-order valence-corrected chi connectivity index (χ0v) is 9.75. The van der Waals surface area contributed by atoms with Gasteiger partial charge in [0.2, 0.25) is 5.91 Å². The predicted molar refractivity (Wildman–Crippen MR) is 57.4 cm³/mol. The number of aliphatic carboxylic acids is 2. The summed E-state index contributed by atoms with van der Waals surface area (Å²) in [5, 5.41) is 16.7. The molecule has 0 fully saturated rings. The van der Waals surface area contributed by atoms with E-state index in [4.69, 9.17) is 14.8 Å². The van der Waals surface area contributed by atoms with Gasteiger partial charge in [0.15, 0.2) is 5.25 Å². The van der Waals surface area contributed by atoms with E-state index >= 15 is 0 Å². The first-order valence-electron chi connectivity index (χ1n) is 4.52. The maximum Gasteiger partial charge on any atom is 0.328 e. The van der Waals surface area contributed by atoms with Crippen LogP contribution in [0.3, 0.4) is 0 Å². The molecule has 0 bridgehead atoms. The monoisotopic (exact) mass is 281 g/mol. The van der Waals surface area contributed by atoms with Crippen LogP contribution in [0.2, 0.25) is 0 Å². The quantitative estimate of drug-likeness (QED) is 0.323. The van der Waals surface area contributed by atoms with Gasteiger partial charge in [0.05, 0.1) is 0 Å². The third kappa shape index (κ3) is 6.60. The summed E-state index contributed by atoms with van der Waals surface area (Å²) < 4.78 is 29.8. The van der Waals surface area contributed by atoms with Crippen LogP contribution in [0, 0.1) is 0 Å². The molecule has 0 spiro atoms. The van der Waals surface area contributed by atoms with Crippen LogP contribution in [0.15, 0.2) is 12.2 Å². The number of carboxylic acids is 2. The van der Waals surface area contributed by atoms with E-state index in [1.165, 1.54) is 0 Å². The molecule has 0 rings (SSSR count). The van der Waals surface area contributed by atoms with Crippen LogP contribution in [0.1, 0.15) is 6.42 Å². The maximum atomic E-state index is 10.9. The van der Waals surface area contributed by atoms with Crippen LogP contribution in [0.4, 0.5) is 0 Å². The Labute approximate surface area is 102 Å². The van der Waals surface area contributed by atoms with Crippen molar-refractivity contribution in [2.24, 2.45) is 0 Å². The van der Waals surface area contributed by atoms with Gasteiger partial charge in [-0.3, -0.25) is 14.1 Å². The largest absolute Gasteiger partial charge is 0.480 e. The molecule has 1 atom stereocenters. The third-order valence-corrected chi connectivity index (χ3v) is 2.87. The Kier molecular flexibility index (Phi) is 5.99. The number of carbonyl (C=O) groups is 3. The molecule has 0 aromatic carbocycles. The molecule has 0 aliphatic carbocycles. The summed E-state index contributed by atoms with van der Waals surface area (Å²) >= 11 is 0. The number of hydrogen-bond acceptors (Lipinski definition) is 5.